The Balaban J connectivity index is 3.85. The molecule has 0 rings (SSSR count). The monoisotopic (exact) mass is 127 g/mol. The van der Waals surface area contributed by atoms with Gasteiger partial charge in [-0.1, -0.05) is 0 Å². The van der Waals surface area contributed by atoms with E-state index in [0.717, 1.165) is 0 Å². The predicted molar refractivity (Wildman–Crippen MR) is 38.8 cm³/mol. The van der Waals surface area contributed by atoms with E-state index < -0.39 is 0 Å². The Morgan fingerprint density at radius 1 is 1.67 bits per heavy atom. The Bertz CT molecular complexity index is 127. The van der Waals surface area contributed by atoms with Crippen LogP contribution in [0.3, 0.4) is 0 Å². The molecule has 0 saturated heterocycles. The lowest BCUT2D eigenvalue weighted by atomic mass is 10.3. The minimum atomic E-state index is 0.486. The van der Waals surface area contributed by atoms with Gasteiger partial charge < -0.3 is 10.1 Å². The molecule has 0 aliphatic rings. The zero-order valence-corrected chi connectivity index (χ0v) is 6.19. The summed E-state index contributed by atoms with van der Waals surface area (Å²) < 4.78 is 5.09. The van der Waals surface area contributed by atoms with Gasteiger partial charge in [-0.15, -0.1) is 0 Å². The minimum Gasteiger partial charge on any atom is -0.492 e. The fraction of sp³-hybridized carbons (Fsp3) is 0.571. The summed E-state index contributed by atoms with van der Waals surface area (Å²) >= 11 is 0. The fourth-order valence-corrected chi connectivity index (χ4v) is 0.564. The zero-order chi connectivity index (χ0) is 7.28. The first-order valence-electron chi connectivity index (χ1n) is 3.07. The summed E-state index contributed by atoms with van der Waals surface area (Å²) in [4.78, 5) is 0. The van der Waals surface area contributed by atoms with Gasteiger partial charge in [0.2, 0.25) is 0 Å². The van der Waals surface area contributed by atoms with Gasteiger partial charge in [-0.25, -0.2) is 0 Å². The van der Waals surface area contributed by atoms with Crippen molar-refractivity contribution in [3.8, 4) is 0 Å². The average molecular weight is 127 g/mol. The first-order chi connectivity index (χ1) is 4.22. The SMILES string of the molecule is C/C=C(/OCC)C(C)=N. The van der Waals surface area contributed by atoms with Gasteiger partial charge in [-0.05, 0) is 26.8 Å². The van der Waals surface area contributed by atoms with Crippen LogP contribution in [0.1, 0.15) is 20.8 Å². The number of rotatable bonds is 3. The van der Waals surface area contributed by atoms with Gasteiger partial charge in [0.1, 0.15) is 5.76 Å². The molecule has 0 aromatic heterocycles. The molecule has 1 N–H and O–H groups in total. The largest absolute Gasteiger partial charge is 0.492 e. The molecule has 52 valence electrons. The highest BCUT2D eigenvalue weighted by Gasteiger charge is 1.95. The molecular weight excluding hydrogens is 114 g/mol. The van der Waals surface area contributed by atoms with Crippen molar-refractivity contribution in [1.82, 2.24) is 0 Å². The maximum atomic E-state index is 7.16. The molecule has 2 nitrogen and oxygen atoms in total. The minimum absolute atomic E-state index is 0.486. The van der Waals surface area contributed by atoms with E-state index in [9.17, 15) is 0 Å². The van der Waals surface area contributed by atoms with Gasteiger partial charge in [-0.3, -0.25) is 0 Å². The van der Waals surface area contributed by atoms with Crippen molar-refractivity contribution in [3.63, 3.8) is 0 Å². The van der Waals surface area contributed by atoms with Crippen LogP contribution in [0.4, 0.5) is 0 Å². The lowest BCUT2D eigenvalue weighted by Crippen LogP contribution is -1.99. The molecule has 0 saturated carbocycles. The van der Waals surface area contributed by atoms with E-state index in [1.807, 2.05) is 13.8 Å². The van der Waals surface area contributed by atoms with Crippen LogP contribution in [0.5, 0.6) is 0 Å². The number of nitrogens with one attached hydrogen (secondary N) is 1. The van der Waals surface area contributed by atoms with E-state index >= 15 is 0 Å². The molecule has 0 aliphatic carbocycles. The van der Waals surface area contributed by atoms with Crippen molar-refractivity contribution in [2.45, 2.75) is 20.8 Å². The van der Waals surface area contributed by atoms with E-state index in [4.69, 9.17) is 10.1 Å². The van der Waals surface area contributed by atoms with E-state index in [1.54, 1.807) is 13.0 Å². The Morgan fingerprint density at radius 3 is 2.33 bits per heavy atom. The second-order valence-corrected chi connectivity index (χ2v) is 1.71. The van der Waals surface area contributed by atoms with Crippen LogP contribution in [-0.2, 0) is 4.74 Å². The summed E-state index contributed by atoms with van der Waals surface area (Å²) in [5.41, 5.74) is 0.486. The van der Waals surface area contributed by atoms with Crippen molar-refractivity contribution < 1.29 is 4.74 Å². The third-order valence-electron chi connectivity index (χ3n) is 0.932. The van der Waals surface area contributed by atoms with Gasteiger partial charge in [0, 0.05) is 0 Å². The third-order valence-corrected chi connectivity index (χ3v) is 0.932. The maximum Gasteiger partial charge on any atom is 0.135 e. The normalized spacial score (nSPS) is 11.2. The van der Waals surface area contributed by atoms with Crippen LogP contribution in [0.2, 0.25) is 0 Å². The molecule has 0 fully saturated rings. The molecule has 0 aliphatic heterocycles. The number of ether oxygens (including phenoxy) is 1. The topological polar surface area (TPSA) is 33.1 Å². The molecule has 0 atom stereocenters. The van der Waals surface area contributed by atoms with Crippen molar-refractivity contribution in [1.29, 1.82) is 5.41 Å². The predicted octanol–water partition coefficient (Wildman–Crippen LogP) is 1.97. The highest BCUT2D eigenvalue weighted by atomic mass is 16.5. The summed E-state index contributed by atoms with van der Waals surface area (Å²) in [6.45, 7) is 6.12. The van der Waals surface area contributed by atoms with Crippen LogP contribution in [0.15, 0.2) is 11.8 Å². The van der Waals surface area contributed by atoms with E-state index in [1.165, 1.54) is 0 Å². The summed E-state index contributed by atoms with van der Waals surface area (Å²) in [5, 5.41) is 7.16. The molecule has 0 heterocycles. The van der Waals surface area contributed by atoms with Gasteiger partial charge >= 0.3 is 0 Å². The lowest BCUT2D eigenvalue weighted by Gasteiger charge is -2.03. The quantitative estimate of drug-likeness (QED) is 0.456. The molecule has 9 heavy (non-hydrogen) atoms. The third kappa shape index (κ3) is 2.90. The van der Waals surface area contributed by atoms with Gasteiger partial charge in [-0.2, -0.15) is 0 Å². The summed E-state index contributed by atoms with van der Waals surface area (Å²) in [6.07, 6.45) is 1.80. The van der Waals surface area contributed by atoms with Gasteiger partial charge in [0.05, 0.1) is 12.3 Å². The molecule has 0 radical (unpaired) electrons. The van der Waals surface area contributed by atoms with Crippen molar-refractivity contribution in [2.24, 2.45) is 0 Å². The summed E-state index contributed by atoms with van der Waals surface area (Å²) in [6, 6.07) is 0. The smallest absolute Gasteiger partial charge is 0.135 e. The second kappa shape index (κ2) is 4.13. The zero-order valence-electron chi connectivity index (χ0n) is 6.19. The van der Waals surface area contributed by atoms with E-state index in [0.29, 0.717) is 18.1 Å². The Labute approximate surface area is 56.0 Å². The van der Waals surface area contributed by atoms with Crippen LogP contribution in [0, 0.1) is 5.41 Å². The molecule has 0 aromatic rings. The number of hydrogen-bond donors (Lipinski definition) is 1. The highest BCUT2D eigenvalue weighted by Crippen LogP contribution is 1.97. The van der Waals surface area contributed by atoms with Crippen LogP contribution >= 0.6 is 0 Å². The first-order valence-corrected chi connectivity index (χ1v) is 3.07. The molecule has 0 spiro atoms. The van der Waals surface area contributed by atoms with E-state index in [2.05, 4.69) is 0 Å². The summed E-state index contributed by atoms with van der Waals surface area (Å²) in [7, 11) is 0. The Hall–Kier alpha value is -0.790. The molecule has 0 amide bonds. The highest BCUT2D eigenvalue weighted by molar-refractivity contribution is 5.93. The van der Waals surface area contributed by atoms with Crippen LogP contribution in [-0.4, -0.2) is 12.3 Å². The van der Waals surface area contributed by atoms with Crippen LogP contribution in [0.25, 0.3) is 0 Å². The van der Waals surface area contributed by atoms with Gasteiger partial charge in [0.25, 0.3) is 0 Å². The number of allylic oxidation sites excluding steroid dienone is 2. The Morgan fingerprint density at radius 2 is 2.22 bits per heavy atom. The first kappa shape index (κ1) is 8.21. The average Bonchev–Trinajstić information content (AvgIpc) is 1.82. The summed E-state index contributed by atoms with van der Waals surface area (Å²) in [5.74, 6) is 0.678. The van der Waals surface area contributed by atoms with E-state index in [-0.39, 0.29) is 0 Å². The lowest BCUT2D eigenvalue weighted by molar-refractivity contribution is 0.248. The van der Waals surface area contributed by atoms with Crippen molar-refractivity contribution in [2.75, 3.05) is 6.61 Å². The maximum absolute atomic E-state index is 7.16. The molecular formula is C7H13NO. The molecule has 0 bridgehead atoms. The Kier molecular flexibility index (Phi) is 3.76. The van der Waals surface area contributed by atoms with Crippen LogP contribution < -0.4 is 0 Å². The number of hydrogen-bond acceptors (Lipinski definition) is 2. The standard InChI is InChI=1S/C7H13NO/c1-4-7(6(3)8)9-5-2/h4,8H,5H2,1-3H3/b7-4+,8-6?. The molecule has 0 aromatic carbocycles. The molecule has 0 unspecified atom stereocenters. The van der Waals surface area contributed by atoms with Crippen molar-refractivity contribution in [3.05, 3.63) is 11.8 Å². The fourth-order valence-electron chi connectivity index (χ4n) is 0.564. The van der Waals surface area contributed by atoms with Crippen molar-refractivity contribution >= 4 is 5.71 Å². The van der Waals surface area contributed by atoms with Gasteiger partial charge in [0.15, 0.2) is 0 Å². The molecule has 2 heteroatoms. The second-order valence-electron chi connectivity index (χ2n) is 1.71.